The highest BCUT2D eigenvalue weighted by atomic mass is 79.9. The number of hydrogen-bond acceptors (Lipinski definition) is 3. The van der Waals surface area contributed by atoms with E-state index in [0.717, 1.165) is 13.0 Å². The second-order valence-electron chi connectivity index (χ2n) is 4.29. The van der Waals surface area contributed by atoms with Gasteiger partial charge in [0, 0.05) is 12.6 Å². The van der Waals surface area contributed by atoms with Crippen molar-refractivity contribution in [1.82, 2.24) is 10.2 Å². The molecule has 1 amide bonds. The summed E-state index contributed by atoms with van der Waals surface area (Å²) < 4.78 is 5.49. The number of hydrogen-bond donors (Lipinski definition) is 1. The van der Waals surface area contributed by atoms with Gasteiger partial charge in [-0.1, -0.05) is 0 Å². The third-order valence-electron chi connectivity index (χ3n) is 2.72. The van der Waals surface area contributed by atoms with E-state index in [1.54, 1.807) is 6.07 Å². The minimum Gasteiger partial charge on any atom is -0.457 e. The molecule has 1 heterocycles. The van der Waals surface area contributed by atoms with Gasteiger partial charge in [0.25, 0.3) is 5.91 Å². The van der Waals surface area contributed by atoms with E-state index in [1.807, 2.05) is 0 Å². The van der Waals surface area contributed by atoms with Gasteiger partial charge in [0.2, 0.25) is 0 Å². The van der Waals surface area contributed by atoms with E-state index in [0.29, 0.717) is 22.8 Å². The monoisotopic (exact) mass is 302 g/mol. The van der Waals surface area contributed by atoms with Crippen molar-refractivity contribution in [3.05, 3.63) is 22.6 Å². The summed E-state index contributed by atoms with van der Waals surface area (Å²) in [6, 6.07) is 2.19. The van der Waals surface area contributed by atoms with Gasteiger partial charge in [0.15, 0.2) is 4.67 Å². The summed E-state index contributed by atoms with van der Waals surface area (Å²) in [4.78, 5) is 13.9. The predicted octanol–water partition coefficient (Wildman–Crippen LogP) is 2.50. The summed E-state index contributed by atoms with van der Waals surface area (Å²) in [6.45, 7) is 5.96. The average Bonchev–Trinajstić information content (AvgIpc) is 2.70. The molecule has 5 heteroatoms. The van der Waals surface area contributed by atoms with Gasteiger partial charge in [-0.3, -0.25) is 4.79 Å². The number of carbonyl (C=O) groups is 1. The van der Waals surface area contributed by atoms with Gasteiger partial charge in [-0.05, 0) is 55.9 Å². The van der Waals surface area contributed by atoms with Crippen LogP contribution < -0.4 is 5.32 Å². The number of amides is 1. The highest BCUT2D eigenvalue weighted by Crippen LogP contribution is 2.16. The van der Waals surface area contributed by atoms with Crippen molar-refractivity contribution in [2.45, 2.75) is 26.3 Å². The first-order valence-corrected chi connectivity index (χ1v) is 6.53. The SMILES string of the molecule is CC(C)N(C)CCCNC(=O)c1ccoc1Br. The van der Waals surface area contributed by atoms with E-state index < -0.39 is 0 Å². The summed E-state index contributed by atoms with van der Waals surface area (Å²) in [6.07, 6.45) is 2.43. The molecule has 0 spiro atoms. The zero-order valence-electron chi connectivity index (χ0n) is 10.5. The maximum atomic E-state index is 11.7. The van der Waals surface area contributed by atoms with Gasteiger partial charge in [0.05, 0.1) is 11.8 Å². The number of furan rings is 1. The topological polar surface area (TPSA) is 45.5 Å². The number of carbonyl (C=O) groups excluding carboxylic acids is 1. The third-order valence-corrected chi connectivity index (χ3v) is 3.33. The number of nitrogens with one attached hydrogen (secondary N) is 1. The lowest BCUT2D eigenvalue weighted by atomic mass is 10.3. The predicted molar refractivity (Wildman–Crippen MR) is 71.1 cm³/mol. The molecule has 0 saturated heterocycles. The lowest BCUT2D eigenvalue weighted by molar-refractivity contribution is 0.0950. The summed E-state index contributed by atoms with van der Waals surface area (Å²) in [5.41, 5.74) is 0.544. The van der Waals surface area contributed by atoms with Crippen LogP contribution in [0.1, 0.15) is 30.6 Å². The molecule has 0 bridgehead atoms. The van der Waals surface area contributed by atoms with Gasteiger partial charge >= 0.3 is 0 Å². The molecule has 17 heavy (non-hydrogen) atoms. The second kappa shape index (κ2) is 6.81. The zero-order chi connectivity index (χ0) is 12.8. The first-order valence-electron chi connectivity index (χ1n) is 5.73. The molecule has 0 radical (unpaired) electrons. The molecule has 0 unspecified atom stereocenters. The number of halogens is 1. The van der Waals surface area contributed by atoms with Crippen LogP contribution in [0.4, 0.5) is 0 Å². The van der Waals surface area contributed by atoms with Gasteiger partial charge in [-0.2, -0.15) is 0 Å². The van der Waals surface area contributed by atoms with E-state index in [9.17, 15) is 4.79 Å². The highest BCUT2D eigenvalue weighted by Gasteiger charge is 2.11. The maximum Gasteiger partial charge on any atom is 0.255 e. The van der Waals surface area contributed by atoms with Crippen molar-refractivity contribution in [2.24, 2.45) is 0 Å². The highest BCUT2D eigenvalue weighted by molar-refractivity contribution is 9.10. The molecule has 0 saturated carbocycles. The molecule has 1 rings (SSSR count). The Balaban J connectivity index is 2.24. The van der Waals surface area contributed by atoms with Crippen molar-refractivity contribution >= 4 is 21.8 Å². The molecular formula is C12H19BrN2O2. The maximum absolute atomic E-state index is 11.7. The minimum atomic E-state index is -0.0992. The Bertz CT molecular complexity index is 363. The first-order chi connectivity index (χ1) is 8.02. The summed E-state index contributed by atoms with van der Waals surface area (Å²) in [5.74, 6) is -0.0992. The molecule has 0 aliphatic heterocycles. The van der Waals surface area contributed by atoms with Crippen LogP contribution in [-0.4, -0.2) is 37.0 Å². The van der Waals surface area contributed by atoms with Crippen LogP contribution in [0.3, 0.4) is 0 Å². The van der Waals surface area contributed by atoms with Gasteiger partial charge in [-0.25, -0.2) is 0 Å². The van der Waals surface area contributed by atoms with Crippen LogP contribution in [0.25, 0.3) is 0 Å². The molecule has 0 aliphatic rings. The number of nitrogens with zero attached hydrogens (tertiary/aromatic N) is 1. The van der Waals surface area contributed by atoms with E-state index in [4.69, 9.17) is 4.42 Å². The van der Waals surface area contributed by atoms with Crippen molar-refractivity contribution in [3.63, 3.8) is 0 Å². The molecular weight excluding hydrogens is 284 g/mol. The van der Waals surface area contributed by atoms with Crippen molar-refractivity contribution < 1.29 is 9.21 Å². The molecule has 0 aromatic carbocycles. The third kappa shape index (κ3) is 4.52. The van der Waals surface area contributed by atoms with E-state index in [2.05, 4.69) is 47.0 Å². The summed E-state index contributed by atoms with van der Waals surface area (Å²) in [7, 11) is 2.08. The van der Waals surface area contributed by atoms with Crippen LogP contribution >= 0.6 is 15.9 Å². The van der Waals surface area contributed by atoms with E-state index in [1.165, 1.54) is 6.26 Å². The van der Waals surface area contributed by atoms with Crippen LogP contribution in [0.2, 0.25) is 0 Å². The fourth-order valence-electron chi connectivity index (χ4n) is 1.34. The van der Waals surface area contributed by atoms with E-state index >= 15 is 0 Å². The fourth-order valence-corrected chi connectivity index (χ4v) is 1.76. The van der Waals surface area contributed by atoms with Crippen LogP contribution in [-0.2, 0) is 0 Å². The van der Waals surface area contributed by atoms with E-state index in [-0.39, 0.29) is 5.91 Å². The average molecular weight is 303 g/mol. The zero-order valence-corrected chi connectivity index (χ0v) is 12.1. The quantitative estimate of drug-likeness (QED) is 0.821. The molecule has 1 N–H and O–H groups in total. The lowest BCUT2D eigenvalue weighted by Gasteiger charge is -2.20. The minimum absolute atomic E-state index is 0.0992. The van der Waals surface area contributed by atoms with Gasteiger partial charge in [-0.15, -0.1) is 0 Å². The molecule has 0 fully saturated rings. The van der Waals surface area contributed by atoms with Crippen LogP contribution in [0, 0.1) is 0 Å². The van der Waals surface area contributed by atoms with Gasteiger partial charge < -0.3 is 14.6 Å². The van der Waals surface area contributed by atoms with Crippen LogP contribution in [0.15, 0.2) is 21.4 Å². The summed E-state index contributed by atoms with van der Waals surface area (Å²) >= 11 is 3.18. The molecule has 0 aliphatic carbocycles. The van der Waals surface area contributed by atoms with Crippen molar-refractivity contribution in [1.29, 1.82) is 0 Å². The Morgan fingerprint density at radius 3 is 2.82 bits per heavy atom. The molecule has 0 atom stereocenters. The standard InChI is InChI=1S/C12H19BrN2O2/c1-9(2)15(3)7-4-6-14-12(16)10-5-8-17-11(10)13/h5,8-9H,4,6-7H2,1-3H3,(H,14,16). The summed E-state index contributed by atoms with van der Waals surface area (Å²) in [5, 5.41) is 2.86. The normalized spacial score (nSPS) is 11.2. The first kappa shape index (κ1) is 14.3. The lowest BCUT2D eigenvalue weighted by Crippen LogP contribution is -2.31. The Morgan fingerprint density at radius 2 is 2.29 bits per heavy atom. The Kier molecular flexibility index (Phi) is 5.71. The van der Waals surface area contributed by atoms with Crippen LogP contribution in [0.5, 0.6) is 0 Å². The fraction of sp³-hybridized carbons (Fsp3) is 0.583. The van der Waals surface area contributed by atoms with Gasteiger partial charge in [0.1, 0.15) is 0 Å². The Morgan fingerprint density at radius 1 is 1.59 bits per heavy atom. The molecule has 1 aromatic heterocycles. The molecule has 1 aromatic rings. The Labute approximate surface area is 110 Å². The molecule has 96 valence electrons. The number of rotatable bonds is 6. The van der Waals surface area contributed by atoms with Crippen molar-refractivity contribution in [2.75, 3.05) is 20.1 Å². The Hall–Kier alpha value is -0.810. The second-order valence-corrected chi connectivity index (χ2v) is 5.01. The largest absolute Gasteiger partial charge is 0.457 e. The smallest absolute Gasteiger partial charge is 0.255 e. The van der Waals surface area contributed by atoms with Crippen molar-refractivity contribution in [3.8, 4) is 0 Å². The molecule has 4 nitrogen and oxygen atoms in total.